The van der Waals surface area contributed by atoms with Crippen LogP contribution in [0.2, 0.25) is 0 Å². The van der Waals surface area contributed by atoms with Gasteiger partial charge in [0.25, 0.3) is 0 Å². The predicted octanol–water partition coefficient (Wildman–Crippen LogP) is 4.63. The predicted molar refractivity (Wildman–Crippen MR) is 103 cm³/mol. The Hall–Kier alpha value is -2.07. The molecule has 1 aliphatic rings. The van der Waals surface area contributed by atoms with E-state index in [4.69, 9.17) is 4.74 Å². The molecule has 2 rings (SSSR count). The number of benzene rings is 1. The van der Waals surface area contributed by atoms with Gasteiger partial charge in [-0.05, 0) is 56.9 Å². The van der Waals surface area contributed by atoms with E-state index in [-0.39, 0.29) is 23.7 Å². The van der Waals surface area contributed by atoms with Gasteiger partial charge in [0.05, 0.1) is 11.2 Å². The largest absolute Gasteiger partial charge is 0.508 e. The average Bonchev–Trinajstić information content (AvgIpc) is 2.54. The third-order valence-electron chi connectivity index (χ3n) is 4.90. The SMILES string of the molecule is CC1=CCC[C@@](C)(O)C=C[C@H](C(C)C)[C@@H](OC(=O)c2ccc(O)cc2)C1. The number of ether oxygens (including phenoxy) is 1. The van der Waals surface area contributed by atoms with Crippen molar-refractivity contribution in [2.45, 2.75) is 58.7 Å². The molecule has 0 aromatic heterocycles. The fourth-order valence-corrected chi connectivity index (χ4v) is 3.25. The summed E-state index contributed by atoms with van der Waals surface area (Å²) in [6, 6.07) is 6.08. The number of phenolic OH excluding ortho intramolecular Hbond substituents is 1. The maximum atomic E-state index is 12.6. The topological polar surface area (TPSA) is 66.8 Å². The summed E-state index contributed by atoms with van der Waals surface area (Å²) >= 11 is 0. The molecule has 0 unspecified atom stereocenters. The van der Waals surface area contributed by atoms with E-state index < -0.39 is 11.6 Å². The Morgan fingerprint density at radius 2 is 1.92 bits per heavy atom. The second-order valence-electron chi connectivity index (χ2n) is 7.82. The van der Waals surface area contributed by atoms with Crippen LogP contribution in [0.3, 0.4) is 0 Å². The number of allylic oxidation sites excluding steroid dienone is 1. The monoisotopic (exact) mass is 358 g/mol. The summed E-state index contributed by atoms with van der Waals surface area (Å²) in [6.45, 7) is 8.04. The van der Waals surface area contributed by atoms with Crippen LogP contribution < -0.4 is 0 Å². The molecule has 1 aromatic rings. The Balaban J connectivity index is 2.28. The first-order chi connectivity index (χ1) is 12.2. The van der Waals surface area contributed by atoms with Gasteiger partial charge in [-0.3, -0.25) is 0 Å². The van der Waals surface area contributed by atoms with Gasteiger partial charge in [0.2, 0.25) is 0 Å². The Bertz CT molecular complexity index is 668. The minimum absolute atomic E-state index is 0.00369. The number of hydrogen-bond acceptors (Lipinski definition) is 4. The summed E-state index contributed by atoms with van der Waals surface area (Å²) in [6.07, 6.45) is 7.77. The van der Waals surface area contributed by atoms with Crippen molar-refractivity contribution in [2.24, 2.45) is 11.8 Å². The number of aromatic hydroxyl groups is 1. The van der Waals surface area contributed by atoms with Crippen LogP contribution in [-0.2, 0) is 4.74 Å². The number of rotatable bonds is 3. The Morgan fingerprint density at radius 3 is 2.54 bits per heavy atom. The van der Waals surface area contributed by atoms with E-state index >= 15 is 0 Å². The van der Waals surface area contributed by atoms with Gasteiger partial charge in [-0.15, -0.1) is 0 Å². The summed E-state index contributed by atoms with van der Waals surface area (Å²) in [5.41, 5.74) is 0.706. The fourth-order valence-electron chi connectivity index (χ4n) is 3.25. The molecular formula is C22H30O4. The second kappa shape index (κ2) is 8.54. The van der Waals surface area contributed by atoms with E-state index in [0.29, 0.717) is 18.4 Å². The lowest BCUT2D eigenvalue weighted by Crippen LogP contribution is -2.31. The molecule has 4 nitrogen and oxygen atoms in total. The van der Waals surface area contributed by atoms with Crippen LogP contribution in [0.5, 0.6) is 5.75 Å². The van der Waals surface area contributed by atoms with Gasteiger partial charge in [0, 0.05) is 12.3 Å². The van der Waals surface area contributed by atoms with E-state index in [9.17, 15) is 15.0 Å². The van der Waals surface area contributed by atoms with Crippen LogP contribution in [0.1, 0.15) is 57.3 Å². The van der Waals surface area contributed by atoms with Crippen LogP contribution in [0.4, 0.5) is 0 Å². The second-order valence-corrected chi connectivity index (χ2v) is 7.82. The Morgan fingerprint density at radius 1 is 1.27 bits per heavy atom. The smallest absolute Gasteiger partial charge is 0.338 e. The highest BCUT2D eigenvalue weighted by atomic mass is 16.5. The van der Waals surface area contributed by atoms with Crippen LogP contribution in [0.15, 0.2) is 48.1 Å². The van der Waals surface area contributed by atoms with E-state index in [0.717, 1.165) is 12.0 Å². The molecular weight excluding hydrogens is 328 g/mol. The van der Waals surface area contributed by atoms with Gasteiger partial charge in [0.15, 0.2) is 0 Å². The maximum absolute atomic E-state index is 12.6. The number of phenols is 1. The molecule has 0 bridgehead atoms. The van der Waals surface area contributed by atoms with E-state index in [1.807, 2.05) is 26.0 Å². The quantitative estimate of drug-likeness (QED) is 0.611. The molecule has 0 aliphatic heterocycles. The molecule has 0 spiro atoms. The third kappa shape index (κ3) is 5.73. The minimum atomic E-state index is -0.868. The van der Waals surface area contributed by atoms with Gasteiger partial charge in [-0.1, -0.05) is 37.6 Å². The van der Waals surface area contributed by atoms with Crippen molar-refractivity contribution in [1.29, 1.82) is 0 Å². The number of esters is 1. The first kappa shape index (κ1) is 20.2. The molecule has 1 aliphatic carbocycles. The van der Waals surface area contributed by atoms with Gasteiger partial charge in [-0.2, -0.15) is 0 Å². The van der Waals surface area contributed by atoms with Crippen molar-refractivity contribution in [1.82, 2.24) is 0 Å². The molecule has 4 heteroatoms. The summed E-state index contributed by atoms with van der Waals surface area (Å²) < 4.78 is 5.87. The maximum Gasteiger partial charge on any atom is 0.338 e. The van der Waals surface area contributed by atoms with Crippen molar-refractivity contribution in [3.05, 3.63) is 53.6 Å². The Labute approximate surface area is 156 Å². The number of carbonyl (C=O) groups excluding carboxylic acids is 1. The zero-order valence-corrected chi connectivity index (χ0v) is 16.1. The molecule has 0 amide bonds. The number of hydrogen-bond donors (Lipinski definition) is 2. The molecule has 3 atom stereocenters. The summed E-state index contributed by atoms with van der Waals surface area (Å²) in [5.74, 6) is -0.0224. The lowest BCUT2D eigenvalue weighted by molar-refractivity contribution is 0.0139. The average molecular weight is 358 g/mol. The zero-order valence-electron chi connectivity index (χ0n) is 16.1. The van der Waals surface area contributed by atoms with Gasteiger partial charge < -0.3 is 14.9 Å². The summed E-state index contributed by atoms with van der Waals surface area (Å²) in [7, 11) is 0. The lowest BCUT2D eigenvalue weighted by Gasteiger charge is -2.30. The molecule has 0 saturated heterocycles. The van der Waals surface area contributed by atoms with E-state index in [1.165, 1.54) is 12.1 Å². The third-order valence-corrected chi connectivity index (χ3v) is 4.90. The van der Waals surface area contributed by atoms with Crippen molar-refractivity contribution in [3.63, 3.8) is 0 Å². The first-order valence-electron chi connectivity index (χ1n) is 9.25. The van der Waals surface area contributed by atoms with Crippen LogP contribution in [0, 0.1) is 11.8 Å². The van der Waals surface area contributed by atoms with Crippen molar-refractivity contribution >= 4 is 5.97 Å². The highest BCUT2D eigenvalue weighted by Gasteiger charge is 2.29. The number of aliphatic hydroxyl groups is 1. The standard InChI is InChI=1S/C22H30O4/c1-15(2)19-11-13-22(4,25)12-5-6-16(3)14-20(19)26-21(24)17-7-9-18(23)10-8-17/h6-11,13,15,19-20,23,25H,5,12,14H2,1-4H3/t19-,20+,22-/m1/s1. The summed E-state index contributed by atoms with van der Waals surface area (Å²) in [4.78, 5) is 12.6. The molecule has 0 saturated carbocycles. The summed E-state index contributed by atoms with van der Waals surface area (Å²) in [5, 5.41) is 19.9. The van der Waals surface area contributed by atoms with E-state index in [1.54, 1.807) is 12.1 Å². The molecule has 0 radical (unpaired) electrons. The van der Waals surface area contributed by atoms with E-state index in [2.05, 4.69) is 19.9 Å². The molecule has 0 heterocycles. The Kier molecular flexibility index (Phi) is 6.65. The molecule has 2 N–H and O–H groups in total. The molecule has 1 aromatic carbocycles. The highest BCUT2D eigenvalue weighted by molar-refractivity contribution is 5.89. The van der Waals surface area contributed by atoms with Crippen molar-refractivity contribution in [3.8, 4) is 5.75 Å². The van der Waals surface area contributed by atoms with Crippen LogP contribution in [-0.4, -0.2) is 27.9 Å². The van der Waals surface area contributed by atoms with Crippen molar-refractivity contribution < 1.29 is 19.7 Å². The molecule has 142 valence electrons. The fraction of sp³-hybridized carbons (Fsp3) is 0.500. The normalized spacial score (nSPS) is 27.1. The lowest BCUT2D eigenvalue weighted by atomic mass is 9.83. The molecule has 0 fully saturated rings. The highest BCUT2D eigenvalue weighted by Crippen LogP contribution is 2.29. The van der Waals surface area contributed by atoms with Crippen LogP contribution in [0.25, 0.3) is 0 Å². The zero-order chi connectivity index (χ0) is 19.3. The van der Waals surface area contributed by atoms with Crippen molar-refractivity contribution in [2.75, 3.05) is 0 Å². The first-order valence-corrected chi connectivity index (χ1v) is 9.25. The molecule has 26 heavy (non-hydrogen) atoms. The van der Waals surface area contributed by atoms with Crippen LogP contribution >= 0.6 is 0 Å². The minimum Gasteiger partial charge on any atom is -0.508 e. The van der Waals surface area contributed by atoms with Gasteiger partial charge in [-0.25, -0.2) is 4.79 Å². The van der Waals surface area contributed by atoms with Gasteiger partial charge in [0.1, 0.15) is 11.9 Å². The number of carbonyl (C=O) groups is 1. The van der Waals surface area contributed by atoms with Gasteiger partial charge >= 0.3 is 5.97 Å².